The predicted octanol–water partition coefficient (Wildman–Crippen LogP) is 1.64. The average Bonchev–Trinajstić information content (AvgIpc) is 2.37. The number of aliphatic hydroxyl groups excluding tert-OH is 1. The van der Waals surface area contributed by atoms with Crippen molar-refractivity contribution >= 4 is 0 Å². The third kappa shape index (κ3) is 2.01. The summed E-state index contributed by atoms with van der Waals surface area (Å²) < 4.78 is 26.3. The molecule has 4 heteroatoms. The van der Waals surface area contributed by atoms with Gasteiger partial charge in [0.1, 0.15) is 5.75 Å². The van der Waals surface area contributed by atoms with Crippen LogP contribution in [-0.2, 0) is 6.61 Å². The Morgan fingerprint density at radius 1 is 1.38 bits per heavy atom. The van der Waals surface area contributed by atoms with Gasteiger partial charge in [0.25, 0.3) is 0 Å². The Labute approximate surface area is 97.8 Å². The van der Waals surface area contributed by atoms with Crippen molar-refractivity contribution in [3.8, 4) is 17.1 Å². The van der Waals surface area contributed by atoms with Crippen molar-refractivity contribution in [2.24, 2.45) is 0 Å². The van der Waals surface area contributed by atoms with E-state index in [4.69, 9.17) is 14.0 Å². The molecule has 0 fully saturated rings. The predicted molar refractivity (Wildman–Crippen MR) is 59.9 cm³/mol. The summed E-state index contributed by atoms with van der Waals surface area (Å²) in [4.78, 5) is 8.19. The Morgan fingerprint density at radius 2 is 2.25 bits per heavy atom. The molecular formula is C12H12N2O2. The van der Waals surface area contributed by atoms with Gasteiger partial charge in [-0.05, 0) is 18.2 Å². The molecule has 1 heterocycles. The Kier molecular flexibility index (Phi) is 2.17. The number of ether oxygens (including phenoxy) is 1. The zero-order valence-electron chi connectivity index (χ0n) is 11.4. The third-order valence-electron chi connectivity index (χ3n) is 2.11. The van der Waals surface area contributed by atoms with Crippen LogP contribution < -0.4 is 4.74 Å². The molecule has 0 unspecified atom stereocenters. The Bertz CT molecular complexity index is 573. The van der Waals surface area contributed by atoms with Crippen LogP contribution in [0.15, 0.2) is 36.5 Å². The van der Waals surface area contributed by atoms with Crippen LogP contribution in [-0.4, -0.2) is 22.1 Å². The second-order valence-electron chi connectivity index (χ2n) is 3.13. The maximum Gasteiger partial charge on any atom is 0.163 e. The van der Waals surface area contributed by atoms with Gasteiger partial charge in [-0.2, -0.15) is 0 Å². The normalized spacial score (nSPS) is 13.7. The lowest BCUT2D eigenvalue weighted by molar-refractivity contribution is 0.277. The molecular weight excluding hydrogens is 204 g/mol. The van der Waals surface area contributed by atoms with Crippen LogP contribution in [0.2, 0.25) is 0 Å². The van der Waals surface area contributed by atoms with Crippen molar-refractivity contribution < 1.29 is 14.0 Å². The molecule has 0 aliphatic heterocycles. The number of nitrogens with zero attached hydrogens (tertiary/aromatic N) is 2. The molecule has 0 saturated heterocycles. The van der Waals surface area contributed by atoms with Gasteiger partial charge in [0, 0.05) is 6.20 Å². The number of aliphatic hydroxyl groups is 1. The zero-order valence-corrected chi connectivity index (χ0v) is 8.42. The van der Waals surface area contributed by atoms with Crippen molar-refractivity contribution in [1.82, 2.24) is 9.97 Å². The maximum absolute atomic E-state index is 9.05. The fourth-order valence-corrected chi connectivity index (χ4v) is 1.35. The van der Waals surface area contributed by atoms with Gasteiger partial charge in [0.05, 0.1) is 29.0 Å². The fourth-order valence-electron chi connectivity index (χ4n) is 1.35. The molecule has 1 aromatic heterocycles. The Hall–Kier alpha value is -1.94. The minimum Gasteiger partial charge on any atom is -0.496 e. The van der Waals surface area contributed by atoms with Crippen molar-refractivity contribution in [3.63, 3.8) is 0 Å². The molecule has 16 heavy (non-hydrogen) atoms. The van der Waals surface area contributed by atoms with Gasteiger partial charge in [0.2, 0.25) is 0 Å². The highest BCUT2D eigenvalue weighted by Gasteiger charge is 2.07. The van der Waals surface area contributed by atoms with E-state index in [0.717, 1.165) is 0 Å². The average molecular weight is 219 g/mol. The highest BCUT2D eigenvalue weighted by Crippen LogP contribution is 2.26. The molecule has 4 nitrogen and oxygen atoms in total. The third-order valence-corrected chi connectivity index (χ3v) is 2.11. The summed E-state index contributed by atoms with van der Waals surface area (Å²) in [5.41, 5.74) is 0.919. The summed E-state index contributed by atoms with van der Waals surface area (Å²) >= 11 is 0. The van der Waals surface area contributed by atoms with E-state index in [9.17, 15) is 0 Å². The van der Waals surface area contributed by atoms with E-state index >= 15 is 0 Å². The molecule has 0 atom stereocenters. The molecule has 0 amide bonds. The van der Waals surface area contributed by atoms with Crippen LogP contribution in [0.3, 0.4) is 0 Å². The van der Waals surface area contributed by atoms with Crippen LogP contribution in [0.5, 0.6) is 5.75 Å². The van der Waals surface area contributed by atoms with E-state index in [1.165, 1.54) is 12.3 Å². The molecule has 82 valence electrons. The number of benzene rings is 1. The van der Waals surface area contributed by atoms with Gasteiger partial charge in [-0.3, -0.25) is 0 Å². The largest absolute Gasteiger partial charge is 0.496 e. The lowest BCUT2D eigenvalue weighted by atomic mass is 10.2. The zero-order chi connectivity index (χ0) is 13.9. The van der Waals surface area contributed by atoms with Gasteiger partial charge in [0.15, 0.2) is 5.82 Å². The van der Waals surface area contributed by atoms with Crippen molar-refractivity contribution in [2.75, 3.05) is 7.04 Å². The molecule has 0 saturated carbocycles. The first-order valence-electron chi connectivity index (χ1n) is 6.21. The van der Waals surface area contributed by atoms with E-state index < -0.39 is 7.04 Å². The highest BCUT2D eigenvalue weighted by molar-refractivity contribution is 5.63. The summed E-state index contributed by atoms with van der Waals surface area (Å²) in [6, 6.07) is 8.18. The summed E-state index contributed by atoms with van der Waals surface area (Å²) in [5, 5.41) is 9.05. The summed E-state index contributed by atoms with van der Waals surface area (Å²) in [6.45, 7) is -0.211. The van der Waals surface area contributed by atoms with Crippen molar-refractivity contribution in [3.05, 3.63) is 42.2 Å². The molecule has 0 aliphatic rings. The van der Waals surface area contributed by atoms with E-state index in [1.807, 2.05) is 0 Å². The standard InChI is InChI=1S/C12H12N2O2/c1-16-11-5-3-2-4-10(11)12-13-7-6-9(8-15)14-12/h2-7,15H,8H2,1H3/i1D3. The van der Waals surface area contributed by atoms with Gasteiger partial charge < -0.3 is 9.84 Å². The minimum absolute atomic E-state index is 0.178. The SMILES string of the molecule is [2H]C([2H])([2H])Oc1ccccc1-c1nccc(CO)n1. The molecule has 0 spiro atoms. The van der Waals surface area contributed by atoms with Gasteiger partial charge in [-0.25, -0.2) is 9.97 Å². The Morgan fingerprint density at radius 3 is 3.06 bits per heavy atom. The molecule has 1 N–H and O–H groups in total. The summed E-state index contributed by atoms with van der Waals surface area (Å²) in [7, 11) is -2.54. The van der Waals surface area contributed by atoms with Crippen LogP contribution in [0.1, 0.15) is 9.81 Å². The lowest BCUT2D eigenvalue weighted by Gasteiger charge is -2.07. The van der Waals surface area contributed by atoms with E-state index in [2.05, 4.69) is 9.97 Å². The van der Waals surface area contributed by atoms with E-state index in [0.29, 0.717) is 17.1 Å². The number of para-hydroxylation sites is 1. The van der Waals surface area contributed by atoms with Crippen molar-refractivity contribution in [2.45, 2.75) is 6.61 Å². The molecule has 0 bridgehead atoms. The van der Waals surface area contributed by atoms with Crippen molar-refractivity contribution in [1.29, 1.82) is 0 Å². The van der Waals surface area contributed by atoms with Crippen LogP contribution in [0, 0.1) is 0 Å². The van der Waals surface area contributed by atoms with Crippen LogP contribution >= 0.6 is 0 Å². The minimum atomic E-state index is -2.54. The number of aromatic nitrogens is 2. The van der Waals surface area contributed by atoms with Gasteiger partial charge in [-0.1, -0.05) is 12.1 Å². The highest BCUT2D eigenvalue weighted by atomic mass is 16.5. The molecule has 2 rings (SSSR count). The smallest absolute Gasteiger partial charge is 0.163 e. The van der Waals surface area contributed by atoms with Crippen LogP contribution in [0.25, 0.3) is 11.4 Å². The summed E-state index contributed by atoms with van der Waals surface area (Å²) in [5.74, 6) is 0.490. The van der Waals surface area contributed by atoms with Gasteiger partial charge >= 0.3 is 0 Å². The monoisotopic (exact) mass is 219 g/mol. The molecule has 2 aromatic rings. The quantitative estimate of drug-likeness (QED) is 0.852. The lowest BCUT2D eigenvalue weighted by Crippen LogP contribution is -1.96. The van der Waals surface area contributed by atoms with Gasteiger partial charge in [-0.15, -0.1) is 0 Å². The van der Waals surface area contributed by atoms with Crippen LogP contribution in [0.4, 0.5) is 0 Å². The molecule has 0 radical (unpaired) electrons. The molecule has 1 aromatic carbocycles. The Balaban J connectivity index is 2.44. The summed E-state index contributed by atoms with van der Waals surface area (Å²) in [6.07, 6.45) is 1.50. The van der Waals surface area contributed by atoms with E-state index in [1.54, 1.807) is 24.3 Å². The number of rotatable bonds is 3. The van der Waals surface area contributed by atoms with E-state index in [-0.39, 0.29) is 12.4 Å². The fraction of sp³-hybridized carbons (Fsp3) is 0.167. The molecule has 0 aliphatic carbocycles. The number of methoxy groups -OCH3 is 1. The second-order valence-corrected chi connectivity index (χ2v) is 3.13. The maximum atomic E-state index is 9.05. The first-order valence-corrected chi connectivity index (χ1v) is 4.71. The number of hydrogen-bond acceptors (Lipinski definition) is 4. The topological polar surface area (TPSA) is 55.2 Å². The number of hydrogen-bond donors (Lipinski definition) is 1. The second kappa shape index (κ2) is 4.72. The first kappa shape index (κ1) is 7.35. The first-order chi connectivity index (χ1) is 8.99.